The molecule has 3 nitrogen and oxygen atoms in total. The number of rotatable bonds is 4. The Labute approximate surface area is 130 Å². The molecule has 0 aliphatic carbocycles. The number of nitroso groups, excluding NO2 is 1. The average Bonchev–Trinajstić information content (AvgIpc) is 2.46. The maximum atomic E-state index is 11.1. The lowest BCUT2D eigenvalue weighted by molar-refractivity contribution is 0.590. The summed E-state index contributed by atoms with van der Waals surface area (Å²) in [5, 5.41) is 5.24. The van der Waals surface area contributed by atoms with E-state index < -0.39 is 0 Å². The summed E-state index contributed by atoms with van der Waals surface area (Å²) in [7, 11) is 0. The maximum Gasteiger partial charge on any atom is 0.0698 e. The molecule has 0 aliphatic heterocycles. The highest BCUT2D eigenvalue weighted by atomic mass is 35.5. The Hall–Kier alpha value is -1.87. The Bertz CT molecular complexity index is 600. The molecule has 2 aromatic carbocycles. The molecule has 0 heterocycles. The number of hydrogen-bond acceptors (Lipinski definition) is 2. The highest BCUT2D eigenvalue weighted by molar-refractivity contribution is 6.30. The molecule has 110 valence electrons. The molecule has 2 aromatic rings. The van der Waals surface area contributed by atoms with E-state index in [0.29, 0.717) is 11.6 Å². The van der Waals surface area contributed by atoms with Gasteiger partial charge in [0.15, 0.2) is 0 Å². The summed E-state index contributed by atoms with van der Waals surface area (Å²) in [4.78, 5) is 11.1. The molecule has 4 heteroatoms. The second-order valence-corrected chi connectivity index (χ2v) is 6.50. The third kappa shape index (κ3) is 4.05. The Morgan fingerprint density at radius 3 is 2.05 bits per heavy atom. The lowest BCUT2D eigenvalue weighted by atomic mass is 9.87. The van der Waals surface area contributed by atoms with Crippen LogP contribution in [0.5, 0.6) is 0 Å². The van der Waals surface area contributed by atoms with E-state index in [4.69, 9.17) is 11.6 Å². The summed E-state index contributed by atoms with van der Waals surface area (Å²) in [6.45, 7) is 6.90. The van der Waals surface area contributed by atoms with Gasteiger partial charge in [0.2, 0.25) is 0 Å². The molecular weight excluding hydrogens is 284 g/mol. The van der Waals surface area contributed by atoms with Crippen LogP contribution in [0.4, 0.5) is 5.69 Å². The number of benzene rings is 2. The smallest absolute Gasteiger partial charge is 0.0698 e. The van der Waals surface area contributed by atoms with Crippen molar-refractivity contribution in [3.05, 3.63) is 69.6 Å². The molecule has 0 aliphatic rings. The van der Waals surface area contributed by atoms with Crippen molar-refractivity contribution in [3.8, 4) is 0 Å². The fourth-order valence-corrected chi connectivity index (χ4v) is 2.19. The predicted molar refractivity (Wildman–Crippen MR) is 88.6 cm³/mol. The first kappa shape index (κ1) is 15.5. The first-order valence-electron chi connectivity index (χ1n) is 6.86. The van der Waals surface area contributed by atoms with Crippen molar-refractivity contribution in [2.24, 2.45) is 5.29 Å². The molecule has 0 radical (unpaired) electrons. The van der Waals surface area contributed by atoms with Gasteiger partial charge >= 0.3 is 0 Å². The zero-order valence-corrected chi connectivity index (χ0v) is 13.3. The highest BCUT2D eigenvalue weighted by Gasteiger charge is 2.14. The molecule has 21 heavy (non-hydrogen) atoms. The van der Waals surface area contributed by atoms with Gasteiger partial charge in [0.25, 0.3) is 0 Å². The topological polar surface area (TPSA) is 32.7 Å². The van der Waals surface area contributed by atoms with Gasteiger partial charge in [-0.15, -0.1) is 4.91 Å². The summed E-state index contributed by atoms with van der Waals surface area (Å²) in [6.07, 6.45) is 0. The third-order valence-corrected chi connectivity index (χ3v) is 3.63. The van der Waals surface area contributed by atoms with Gasteiger partial charge in [0.05, 0.1) is 17.5 Å². The molecule has 0 bridgehead atoms. The molecular formula is C17H19ClN2O. The van der Waals surface area contributed by atoms with Crippen LogP contribution in [-0.2, 0) is 12.0 Å². The second-order valence-electron chi connectivity index (χ2n) is 6.06. The van der Waals surface area contributed by atoms with E-state index in [0.717, 1.165) is 11.3 Å². The Morgan fingerprint density at radius 1 is 1.00 bits per heavy atom. The van der Waals surface area contributed by atoms with Crippen LogP contribution in [-0.4, -0.2) is 0 Å². The summed E-state index contributed by atoms with van der Waals surface area (Å²) >= 11 is 5.86. The molecule has 2 rings (SSSR count). The van der Waals surface area contributed by atoms with Gasteiger partial charge in [-0.2, -0.15) is 0 Å². The SMILES string of the molecule is CC(C)(C)c1ccc(N(Cc2ccc(Cl)cc2)N=O)cc1. The van der Waals surface area contributed by atoms with E-state index in [9.17, 15) is 4.91 Å². The maximum absolute atomic E-state index is 11.1. The van der Waals surface area contributed by atoms with Crippen molar-refractivity contribution in [3.63, 3.8) is 0 Å². The molecule has 0 fully saturated rings. The van der Waals surface area contributed by atoms with Crippen molar-refractivity contribution in [2.75, 3.05) is 5.01 Å². The summed E-state index contributed by atoms with van der Waals surface area (Å²) in [5.74, 6) is 0. The number of hydrogen-bond donors (Lipinski definition) is 0. The fraction of sp³-hybridized carbons (Fsp3) is 0.294. The Morgan fingerprint density at radius 2 is 1.57 bits per heavy atom. The minimum atomic E-state index is 0.0914. The van der Waals surface area contributed by atoms with Gasteiger partial charge in [-0.05, 0) is 40.8 Å². The summed E-state index contributed by atoms with van der Waals surface area (Å²) in [6, 6.07) is 15.3. The Kier molecular flexibility index (Phi) is 4.63. The van der Waals surface area contributed by atoms with E-state index in [2.05, 4.69) is 26.1 Å². The summed E-state index contributed by atoms with van der Waals surface area (Å²) in [5.41, 5.74) is 3.09. The minimum absolute atomic E-state index is 0.0914. The van der Waals surface area contributed by atoms with Crippen LogP contribution in [0.15, 0.2) is 53.8 Å². The second kappa shape index (κ2) is 6.27. The van der Waals surface area contributed by atoms with E-state index in [1.54, 1.807) is 0 Å². The van der Waals surface area contributed by atoms with Crippen molar-refractivity contribution in [1.82, 2.24) is 0 Å². The zero-order chi connectivity index (χ0) is 15.5. The average molecular weight is 303 g/mol. The van der Waals surface area contributed by atoms with Crippen molar-refractivity contribution in [1.29, 1.82) is 0 Å². The van der Waals surface area contributed by atoms with E-state index >= 15 is 0 Å². The highest BCUT2D eigenvalue weighted by Crippen LogP contribution is 2.26. The van der Waals surface area contributed by atoms with Crippen LogP contribution in [0.2, 0.25) is 5.02 Å². The number of halogens is 1. The molecule has 0 aromatic heterocycles. The Balaban J connectivity index is 2.17. The van der Waals surface area contributed by atoms with Crippen LogP contribution >= 0.6 is 11.6 Å². The van der Waals surface area contributed by atoms with Gasteiger partial charge in [0.1, 0.15) is 0 Å². The lowest BCUT2D eigenvalue weighted by Gasteiger charge is -2.21. The van der Waals surface area contributed by atoms with Gasteiger partial charge in [-0.25, -0.2) is 5.01 Å². The third-order valence-electron chi connectivity index (χ3n) is 3.38. The molecule has 0 amide bonds. The van der Waals surface area contributed by atoms with Gasteiger partial charge in [-0.1, -0.05) is 56.6 Å². The first-order valence-corrected chi connectivity index (χ1v) is 7.24. The van der Waals surface area contributed by atoms with Crippen molar-refractivity contribution < 1.29 is 0 Å². The van der Waals surface area contributed by atoms with Crippen LogP contribution in [0.1, 0.15) is 31.9 Å². The summed E-state index contributed by atoms with van der Waals surface area (Å²) < 4.78 is 0. The number of nitrogens with zero attached hydrogens (tertiary/aromatic N) is 2. The van der Waals surface area contributed by atoms with Crippen molar-refractivity contribution in [2.45, 2.75) is 32.7 Å². The van der Waals surface area contributed by atoms with Crippen LogP contribution < -0.4 is 5.01 Å². The standard InChI is InChI=1S/C17H19ClN2O/c1-17(2,3)14-6-10-16(11-7-14)20(19-21)12-13-4-8-15(18)9-5-13/h4-11H,12H2,1-3H3. The van der Waals surface area contributed by atoms with Crippen molar-refractivity contribution >= 4 is 17.3 Å². The molecule has 0 N–H and O–H groups in total. The first-order chi connectivity index (χ1) is 9.90. The molecule has 0 saturated carbocycles. The van der Waals surface area contributed by atoms with E-state index in [1.165, 1.54) is 10.6 Å². The molecule has 0 atom stereocenters. The van der Waals surface area contributed by atoms with Gasteiger partial charge in [0, 0.05) is 5.02 Å². The minimum Gasteiger partial charge on any atom is -0.225 e. The van der Waals surface area contributed by atoms with E-state index in [-0.39, 0.29) is 5.41 Å². The molecule has 0 spiro atoms. The predicted octanol–water partition coefficient (Wildman–Crippen LogP) is 5.33. The van der Waals surface area contributed by atoms with Crippen LogP contribution in [0.3, 0.4) is 0 Å². The van der Waals surface area contributed by atoms with Gasteiger partial charge < -0.3 is 0 Å². The normalized spacial score (nSPS) is 11.2. The largest absolute Gasteiger partial charge is 0.225 e. The molecule has 0 unspecified atom stereocenters. The van der Waals surface area contributed by atoms with Crippen LogP contribution in [0, 0.1) is 4.91 Å². The van der Waals surface area contributed by atoms with Gasteiger partial charge in [-0.3, -0.25) is 0 Å². The quantitative estimate of drug-likeness (QED) is 0.565. The molecule has 0 saturated heterocycles. The number of anilines is 1. The lowest BCUT2D eigenvalue weighted by Crippen LogP contribution is -2.15. The monoisotopic (exact) mass is 302 g/mol. The van der Waals surface area contributed by atoms with E-state index in [1.807, 2.05) is 48.5 Å². The zero-order valence-electron chi connectivity index (χ0n) is 12.5. The van der Waals surface area contributed by atoms with Crippen LogP contribution in [0.25, 0.3) is 0 Å². The fourth-order valence-electron chi connectivity index (χ4n) is 2.06.